The Hall–Kier alpha value is -1.20. The molecule has 0 saturated carbocycles. The predicted octanol–water partition coefficient (Wildman–Crippen LogP) is 1.98. The van der Waals surface area contributed by atoms with E-state index in [1.165, 1.54) is 0 Å². The molecule has 0 spiro atoms. The third-order valence-corrected chi connectivity index (χ3v) is 3.49. The van der Waals surface area contributed by atoms with E-state index in [2.05, 4.69) is 41.0 Å². The van der Waals surface area contributed by atoms with Crippen LogP contribution in [-0.2, 0) is 11.3 Å². The Balaban J connectivity index is 1.91. The van der Waals surface area contributed by atoms with Gasteiger partial charge >= 0.3 is 0 Å². The van der Waals surface area contributed by atoms with Gasteiger partial charge in [-0.05, 0) is 19.8 Å². The number of nitrogens with zero attached hydrogens (tertiary/aromatic N) is 3. The zero-order valence-electron chi connectivity index (χ0n) is 12.8. The van der Waals surface area contributed by atoms with Crippen molar-refractivity contribution in [3.8, 4) is 0 Å². The number of hydrogen-bond donors (Lipinski definition) is 1. The first kappa shape index (κ1) is 15.2. The summed E-state index contributed by atoms with van der Waals surface area (Å²) >= 11 is 0. The van der Waals surface area contributed by atoms with Gasteiger partial charge < -0.3 is 15.0 Å². The zero-order valence-corrected chi connectivity index (χ0v) is 12.8. The Kier molecular flexibility index (Phi) is 5.73. The first-order valence-corrected chi connectivity index (χ1v) is 7.60. The number of rotatable bonds is 6. The molecule has 1 aliphatic rings. The largest absolute Gasteiger partial charge is 0.377 e. The maximum Gasteiger partial charge on any atom is 0.147 e. The molecule has 0 aliphatic carbocycles. The SMILES string of the molecule is CCOC1CCCN(c2cnc(CNC(C)C)cn2)C1. The maximum absolute atomic E-state index is 5.72. The highest BCUT2D eigenvalue weighted by Crippen LogP contribution is 2.18. The van der Waals surface area contributed by atoms with Crippen molar-refractivity contribution in [1.82, 2.24) is 15.3 Å². The second-order valence-corrected chi connectivity index (χ2v) is 5.57. The fourth-order valence-corrected chi connectivity index (χ4v) is 2.43. The summed E-state index contributed by atoms with van der Waals surface area (Å²) in [7, 11) is 0. The van der Waals surface area contributed by atoms with E-state index in [0.717, 1.165) is 50.6 Å². The number of nitrogens with one attached hydrogen (secondary N) is 1. The quantitative estimate of drug-likeness (QED) is 0.862. The van der Waals surface area contributed by atoms with Crippen molar-refractivity contribution in [1.29, 1.82) is 0 Å². The zero-order chi connectivity index (χ0) is 14.4. The Labute approximate surface area is 121 Å². The predicted molar refractivity (Wildman–Crippen MR) is 80.9 cm³/mol. The van der Waals surface area contributed by atoms with Crippen LogP contribution >= 0.6 is 0 Å². The summed E-state index contributed by atoms with van der Waals surface area (Å²) in [5.41, 5.74) is 0.987. The van der Waals surface area contributed by atoms with Crippen LogP contribution in [0.2, 0.25) is 0 Å². The Morgan fingerprint density at radius 2 is 2.25 bits per heavy atom. The van der Waals surface area contributed by atoms with E-state index in [0.29, 0.717) is 12.1 Å². The third kappa shape index (κ3) is 4.42. The van der Waals surface area contributed by atoms with E-state index >= 15 is 0 Å². The van der Waals surface area contributed by atoms with Gasteiger partial charge in [-0.1, -0.05) is 13.8 Å². The van der Waals surface area contributed by atoms with Gasteiger partial charge in [-0.3, -0.25) is 4.98 Å². The molecule has 1 fully saturated rings. The molecule has 1 atom stereocenters. The van der Waals surface area contributed by atoms with Crippen LogP contribution in [0.5, 0.6) is 0 Å². The van der Waals surface area contributed by atoms with Crippen molar-refractivity contribution in [2.75, 3.05) is 24.6 Å². The van der Waals surface area contributed by atoms with Gasteiger partial charge in [0.2, 0.25) is 0 Å². The van der Waals surface area contributed by atoms with E-state index in [4.69, 9.17) is 4.74 Å². The second kappa shape index (κ2) is 7.55. The summed E-state index contributed by atoms with van der Waals surface area (Å²) in [6.45, 7) is 9.83. The molecule has 2 heterocycles. The molecule has 0 amide bonds. The lowest BCUT2D eigenvalue weighted by atomic mass is 10.1. The van der Waals surface area contributed by atoms with Crippen molar-refractivity contribution < 1.29 is 4.74 Å². The number of anilines is 1. The molecule has 20 heavy (non-hydrogen) atoms. The van der Waals surface area contributed by atoms with Crippen LogP contribution in [-0.4, -0.2) is 41.8 Å². The van der Waals surface area contributed by atoms with Crippen LogP contribution in [0.25, 0.3) is 0 Å². The van der Waals surface area contributed by atoms with Gasteiger partial charge in [-0.25, -0.2) is 4.98 Å². The molecule has 1 aromatic heterocycles. The van der Waals surface area contributed by atoms with Crippen molar-refractivity contribution in [2.24, 2.45) is 0 Å². The number of hydrogen-bond acceptors (Lipinski definition) is 5. The smallest absolute Gasteiger partial charge is 0.147 e. The third-order valence-electron chi connectivity index (χ3n) is 3.49. The normalized spacial score (nSPS) is 19.6. The van der Waals surface area contributed by atoms with Gasteiger partial charge in [0.05, 0.1) is 24.2 Å². The molecule has 1 aromatic rings. The van der Waals surface area contributed by atoms with E-state index in [1.54, 1.807) is 0 Å². The molecule has 1 aliphatic heterocycles. The second-order valence-electron chi connectivity index (χ2n) is 5.57. The summed E-state index contributed by atoms with van der Waals surface area (Å²) in [5.74, 6) is 0.961. The molecular weight excluding hydrogens is 252 g/mol. The first-order valence-electron chi connectivity index (χ1n) is 7.60. The summed E-state index contributed by atoms with van der Waals surface area (Å²) in [6.07, 6.45) is 6.38. The highest BCUT2D eigenvalue weighted by Gasteiger charge is 2.21. The lowest BCUT2D eigenvalue weighted by molar-refractivity contribution is 0.0525. The average Bonchev–Trinajstić information content (AvgIpc) is 2.46. The fourth-order valence-electron chi connectivity index (χ4n) is 2.43. The molecule has 112 valence electrons. The van der Waals surface area contributed by atoms with Gasteiger partial charge in [-0.15, -0.1) is 0 Å². The fraction of sp³-hybridized carbons (Fsp3) is 0.733. The summed E-state index contributed by atoms with van der Waals surface area (Å²) in [6, 6.07) is 0.463. The van der Waals surface area contributed by atoms with E-state index < -0.39 is 0 Å². The van der Waals surface area contributed by atoms with Gasteiger partial charge in [0.15, 0.2) is 0 Å². The van der Waals surface area contributed by atoms with Crippen molar-refractivity contribution in [2.45, 2.75) is 52.3 Å². The lowest BCUT2D eigenvalue weighted by Gasteiger charge is -2.33. The summed E-state index contributed by atoms with van der Waals surface area (Å²) in [4.78, 5) is 11.3. The van der Waals surface area contributed by atoms with E-state index in [-0.39, 0.29) is 0 Å². The molecule has 0 aromatic carbocycles. The average molecular weight is 278 g/mol. The Morgan fingerprint density at radius 3 is 2.90 bits per heavy atom. The molecule has 5 heteroatoms. The van der Waals surface area contributed by atoms with Gasteiger partial charge in [0.25, 0.3) is 0 Å². The van der Waals surface area contributed by atoms with Crippen molar-refractivity contribution in [3.05, 3.63) is 18.1 Å². The standard InChI is InChI=1S/C15H26N4O/c1-4-20-14-6-5-7-19(11-14)15-10-17-13(9-18-15)8-16-12(2)3/h9-10,12,14,16H,4-8,11H2,1-3H3. The maximum atomic E-state index is 5.72. The van der Waals surface area contributed by atoms with E-state index in [1.807, 2.05) is 12.4 Å². The van der Waals surface area contributed by atoms with Crippen LogP contribution < -0.4 is 10.2 Å². The number of aromatic nitrogens is 2. The Morgan fingerprint density at radius 1 is 1.40 bits per heavy atom. The minimum absolute atomic E-state index is 0.331. The highest BCUT2D eigenvalue weighted by atomic mass is 16.5. The minimum Gasteiger partial charge on any atom is -0.377 e. The Bertz CT molecular complexity index is 391. The van der Waals surface area contributed by atoms with Crippen LogP contribution in [0.3, 0.4) is 0 Å². The molecule has 1 unspecified atom stereocenters. The van der Waals surface area contributed by atoms with Crippen molar-refractivity contribution >= 4 is 5.82 Å². The first-order chi connectivity index (χ1) is 9.69. The highest BCUT2D eigenvalue weighted by molar-refractivity contribution is 5.36. The van der Waals surface area contributed by atoms with Crippen LogP contribution in [0.1, 0.15) is 39.3 Å². The van der Waals surface area contributed by atoms with Crippen LogP contribution in [0.15, 0.2) is 12.4 Å². The van der Waals surface area contributed by atoms with Gasteiger partial charge in [-0.2, -0.15) is 0 Å². The number of piperidine rings is 1. The topological polar surface area (TPSA) is 50.3 Å². The molecule has 1 N–H and O–H groups in total. The minimum atomic E-state index is 0.331. The molecule has 5 nitrogen and oxygen atoms in total. The van der Waals surface area contributed by atoms with Crippen LogP contribution in [0.4, 0.5) is 5.82 Å². The summed E-state index contributed by atoms with van der Waals surface area (Å²) < 4.78 is 5.72. The molecule has 1 saturated heterocycles. The van der Waals surface area contributed by atoms with Crippen LogP contribution in [0, 0.1) is 0 Å². The van der Waals surface area contributed by atoms with Gasteiger partial charge in [0.1, 0.15) is 5.82 Å². The summed E-state index contributed by atoms with van der Waals surface area (Å²) in [5, 5.41) is 3.35. The van der Waals surface area contributed by atoms with Gasteiger partial charge in [0, 0.05) is 32.3 Å². The molecule has 0 radical (unpaired) electrons. The van der Waals surface area contributed by atoms with Crippen molar-refractivity contribution in [3.63, 3.8) is 0 Å². The molecule has 2 rings (SSSR count). The van der Waals surface area contributed by atoms with E-state index in [9.17, 15) is 0 Å². The molecule has 0 bridgehead atoms. The number of ether oxygens (including phenoxy) is 1. The molecular formula is C15H26N4O. The monoisotopic (exact) mass is 278 g/mol. The lowest BCUT2D eigenvalue weighted by Crippen LogP contribution is -2.40.